The van der Waals surface area contributed by atoms with Gasteiger partial charge in [-0.25, -0.2) is 0 Å². The Balaban J connectivity index is 2.24. The van der Waals surface area contributed by atoms with E-state index in [0.29, 0.717) is 23.2 Å². The predicted octanol–water partition coefficient (Wildman–Crippen LogP) is 2.19. The van der Waals surface area contributed by atoms with Crippen molar-refractivity contribution in [3.63, 3.8) is 0 Å². The number of nitrogens with zero attached hydrogens (tertiary/aromatic N) is 3. The van der Waals surface area contributed by atoms with Gasteiger partial charge in [-0.3, -0.25) is 9.48 Å². The van der Waals surface area contributed by atoms with Gasteiger partial charge < -0.3 is 10.6 Å². The van der Waals surface area contributed by atoms with E-state index in [1.54, 1.807) is 10.9 Å². The van der Waals surface area contributed by atoms with Crippen LogP contribution in [0, 0.1) is 5.92 Å². The Morgan fingerprint density at radius 2 is 2.33 bits per heavy atom. The first-order valence-electron chi connectivity index (χ1n) is 7.53. The van der Waals surface area contributed by atoms with Gasteiger partial charge in [0.15, 0.2) is 0 Å². The van der Waals surface area contributed by atoms with E-state index in [2.05, 4.69) is 12.0 Å². The number of aromatic nitrogens is 2. The summed E-state index contributed by atoms with van der Waals surface area (Å²) in [5.74, 6) is 0.417. The molecule has 0 radical (unpaired) electrons. The van der Waals surface area contributed by atoms with Crippen molar-refractivity contribution in [2.24, 2.45) is 11.7 Å². The van der Waals surface area contributed by atoms with Gasteiger partial charge >= 0.3 is 0 Å². The molecule has 2 atom stereocenters. The molecule has 0 aromatic carbocycles. The molecule has 2 N–H and O–H groups in total. The van der Waals surface area contributed by atoms with Crippen LogP contribution in [0.1, 0.15) is 43.1 Å². The molecule has 118 valence electrons. The zero-order valence-electron chi connectivity index (χ0n) is 13.1. The van der Waals surface area contributed by atoms with Crippen molar-refractivity contribution in [2.45, 2.75) is 44.7 Å². The van der Waals surface area contributed by atoms with E-state index >= 15 is 0 Å². The number of hydrogen-bond donors (Lipinski definition) is 1. The van der Waals surface area contributed by atoms with Crippen LogP contribution in [-0.2, 0) is 6.54 Å². The minimum absolute atomic E-state index is 0.0599. The molecule has 0 saturated heterocycles. The SMILES string of the molecule is CC1CCCC(N)(C(=O)c2c(Cl)cnn2CCN(C)C)C1. The summed E-state index contributed by atoms with van der Waals surface area (Å²) >= 11 is 6.20. The van der Waals surface area contributed by atoms with E-state index in [-0.39, 0.29) is 5.78 Å². The first kappa shape index (κ1) is 16.5. The predicted molar refractivity (Wildman–Crippen MR) is 84.7 cm³/mol. The maximum Gasteiger partial charge on any atom is 0.202 e. The largest absolute Gasteiger partial charge is 0.319 e. The molecule has 1 aromatic heterocycles. The molecule has 1 aromatic rings. The summed E-state index contributed by atoms with van der Waals surface area (Å²) in [6.45, 7) is 3.58. The van der Waals surface area contributed by atoms with E-state index in [0.717, 1.165) is 32.2 Å². The molecule has 0 amide bonds. The summed E-state index contributed by atoms with van der Waals surface area (Å²) in [7, 11) is 3.97. The molecular formula is C15H25ClN4O. The second-order valence-electron chi connectivity index (χ2n) is 6.55. The monoisotopic (exact) mass is 312 g/mol. The summed E-state index contributed by atoms with van der Waals surface area (Å²) in [5.41, 5.74) is 6.09. The van der Waals surface area contributed by atoms with Gasteiger partial charge in [-0.05, 0) is 32.9 Å². The van der Waals surface area contributed by atoms with E-state index in [9.17, 15) is 4.79 Å². The highest BCUT2D eigenvalue weighted by molar-refractivity contribution is 6.34. The van der Waals surface area contributed by atoms with Gasteiger partial charge in [0, 0.05) is 6.54 Å². The third-order valence-corrected chi connectivity index (χ3v) is 4.53. The van der Waals surface area contributed by atoms with Gasteiger partial charge in [0.05, 0.1) is 23.3 Å². The molecule has 1 saturated carbocycles. The first-order chi connectivity index (χ1) is 9.83. The second kappa shape index (κ2) is 6.46. The number of rotatable bonds is 5. The fourth-order valence-corrected chi connectivity index (χ4v) is 3.31. The smallest absolute Gasteiger partial charge is 0.202 e. The van der Waals surface area contributed by atoms with E-state index in [1.165, 1.54) is 0 Å². The lowest BCUT2D eigenvalue weighted by Gasteiger charge is -2.35. The molecule has 6 heteroatoms. The van der Waals surface area contributed by atoms with Crippen LogP contribution < -0.4 is 5.73 Å². The van der Waals surface area contributed by atoms with Crippen LogP contribution in [0.4, 0.5) is 0 Å². The first-order valence-corrected chi connectivity index (χ1v) is 7.91. The topological polar surface area (TPSA) is 64.2 Å². The Kier molecular flexibility index (Phi) is 5.07. The molecule has 1 aliphatic rings. The molecular weight excluding hydrogens is 288 g/mol. The number of hydrogen-bond acceptors (Lipinski definition) is 4. The summed E-state index contributed by atoms with van der Waals surface area (Å²) in [6.07, 6.45) is 5.12. The standard InChI is InChI=1S/C15H25ClN4O/c1-11-5-4-6-15(17,9-11)14(21)13-12(16)10-18-20(13)8-7-19(2)3/h10-11H,4-9,17H2,1-3H3. The number of carbonyl (C=O) groups excluding carboxylic acids is 1. The van der Waals surface area contributed by atoms with E-state index in [1.807, 2.05) is 19.0 Å². The van der Waals surface area contributed by atoms with Gasteiger partial charge in [0.25, 0.3) is 0 Å². The van der Waals surface area contributed by atoms with Crippen LogP contribution in [-0.4, -0.2) is 46.6 Å². The van der Waals surface area contributed by atoms with Gasteiger partial charge in [-0.2, -0.15) is 5.10 Å². The Hall–Kier alpha value is -0.910. The number of ketones is 1. The lowest BCUT2D eigenvalue weighted by atomic mass is 9.74. The van der Waals surface area contributed by atoms with Gasteiger partial charge in [-0.15, -0.1) is 0 Å². The molecule has 0 bridgehead atoms. The molecule has 1 heterocycles. The third-order valence-electron chi connectivity index (χ3n) is 4.25. The second-order valence-corrected chi connectivity index (χ2v) is 6.96. The lowest BCUT2D eigenvalue weighted by Crippen LogP contribution is -2.51. The fourth-order valence-electron chi connectivity index (χ4n) is 3.09. The average molecular weight is 313 g/mol. The van der Waals surface area contributed by atoms with Gasteiger partial charge in [0.2, 0.25) is 5.78 Å². The number of carbonyl (C=O) groups is 1. The molecule has 1 fully saturated rings. The Labute approximate surface area is 131 Å². The summed E-state index contributed by atoms with van der Waals surface area (Å²) < 4.78 is 1.69. The molecule has 1 aliphatic carbocycles. The van der Waals surface area contributed by atoms with Gasteiger partial charge in [-0.1, -0.05) is 31.4 Å². The number of halogens is 1. The van der Waals surface area contributed by atoms with Crippen LogP contribution in [0.25, 0.3) is 0 Å². The quantitative estimate of drug-likeness (QED) is 0.847. The highest BCUT2D eigenvalue weighted by atomic mass is 35.5. The van der Waals surface area contributed by atoms with E-state index in [4.69, 9.17) is 17.3 Å². The molecule has 0 aliphatic heterocycles. The average Bonchev–Trinajstić information content (AvgIpc) is 2.76. The summed E-state index contributed by atoms with van der Waals surface area (Å²) in [4.78, 5) is 15.0. The summed E-state index contributed by atoms with van der Waals surface area (Å²) in [6, 6.07) is 0. The van der Waals surface area contributed by atoms with Crippen molar-refractivity contribution in [3.05, 3.63) is 16.9 Å². The summed E-state index contributed by atoms with van der Waals surface area (Å²) in [5, 5.41) is 4.64. The zero-order chi connectivity index (χ0) is 15.6. The minimum Gasteiger partial charge on any atom is -0.319 e. The Morgan fingerprint density at radius 1 is 1.62 bits per heavy atom. The Morgan fingerprint density at radius 3 is 2.95 bits per heavy atom. The highest BCUT2D eigenvalue weighted by Crippen LogP contribution is 2.34. The normalized spacial score (nSPS) is 26.3. The van der Waals surface area contributed by atoms with Crippen LogP contribution in [0.2, 0.25) is 5.02 Å². The molecule has 21 heavy (non-hydrogen) atoms. The maximum atomic E-state index is 12.9. The Bertz CT molecular complexity index is 514. The number of likely N-dealkylation sites (N-methyl/N-ethyl adjacent to an activating group) is 1. The third kappa shape index (κ3) is 3.65. The minimum atomic E-state index is -0.794. The fraction of sp³-hybridized carbons (Fsp3) is 0.733. The van der Waals surface area contributed by atoms with E-state index < -0.39 is 5.54 Å². The van der Waals surface area contributed by atoms with Crippen molar-refractivity contribution in [1.82, 2.24) is 14.7 Å². The zero-order valence-corrected chi connectivity index (χ0v) is 13.9. The van der Waals surface area contributed by atoms with Crippen molar-refractivity contribution >= 4 is 17.4 Å². The lowest BCUT2D eigenvalue weighted by molar-refractivity contribution is 0.0807. The highest BCUT2D eigenvalue weighted by Gasteiger charge is 2.40. The number of nitrogens with two attached hydrogens (primary N) is 1. The van der Waals surface area contributed by atoms with Crippen molar-refractivity contribution in [1.29, 1.82) is 0 Å². The molecule has 2 rings (SSSR count). The van der Waals surface area contributed by atoms with Crippen LogP contribution >= 0.6 is 11.6 Å². The van der Waals surface area contributed by atoms with Crippen LogP contribution in [0.15, 0.2) is 6.20 Å². The van der Waals surface area contributed by atoms with Crippen molar-refractivity contribution in [3.8, 4) is 0 Å². The van der Waals surface area contributed by atoms with Crippen LogP contribution in [0.5, 0.6) is 0 Å². The molecule has 5 nitrogen and oxygen atoms in total. The van der Waals surface area contributed by atoms with Gasteiger partial charge in [0.1, 0.15) is 5.69 Å². The van der Waals surface area contributed by atoms with Crippen molar-refractivity contribution < 1.29 is 4.79 Å². The van der Waals surface area contributed by atoms with Crippen LogP contribution in [0.3, 0.4) is 0 Å². The van der Waals surface area contributed by atoms with Crippen molar-refractivity contribution in [2.75, 3.05) is 20.6 Å². The number of Topliss-reactive ketones (excluding diaryl/α,β-unsaturated/α-hetero) is 1. The molecule has 0 spiro atoms. The maximum absolute atomic E-state index is 12.9. The molecule has 2 unspecified atom stereocenters.